The molecule has 0 radical (unpaired) electrons. The fourth-order valence-electron chi connectivity index (χ4n) is 2.77. The van der Waals surface area contributed by atoms with Crippen LogP contribution in [0.3, 0.4) is 0 Å². The topological polar surface area (TPSA) is 74.6 Å². The molecule has 1 aromatic heterocycles. The zero-order chi connectivity index (χ0) is 19.8. The number of urea groups is 1. The Labute approximate surface area is 164 Å². The number of hydrogen-bond donors (Lipinski definition) is 2. The molecule has 0 spiro atoms. The summed E-state index contributed by atoms with van der Waals surface area (Å²) in [5.74, 6) is -0.0766. The van der Waals surface area contributed by atoms with Crippen molar-refractivity contribution in [1.82, 2.24) is 4.90 Å². The smallest absolute Gasteiger partial charge is 0.322 e. The Bertz CT molecular complexity index is 891. The van der Waals surface area contributed by atoms with Crippen LogP contribution in [0.25, 0.3) is 0 Å². The van der Waals surface area contributed by atoms with Gasteiger partial charge in [0.25, 0.3) is 5.91 Å². The van der Waals surface area contributed by atoms with E-state index < -0.39 is 0 Å². The molecule has 1 heterocycles. The van der Waals surface area contributed by atoms with Crippen molar-refractivity contribution in [2.75, 3.05) is 17.2 Å². The Morgan fingerprint density at radius 3 is 2.18 bits per heavy atom. The van der Waals surface area contributed by atoms with Crippen LogP contribution >= 0.6 is 0 Å². The van der Waals surface area contributed by atoms with Gasteiger partial charge in [-0.2, -0.15) is 0 Å². The van der Waals surface area contributed by atoms with Gasteiger partial charge in [-0.1, -0.05) is 37.3 Å². The van der Waals surface area contributed by atoms with Crippen LogP contribution < -0.4 is 10.6 Å². The first-order valence-corrected chi connectivity index (χ1v) is 9.20. The molecule has 2 aromatic carbocycles. The third kappa shape index (κ3) is 5.23. The number of benzene rings is 2. The molecule has 144 valence electrons. The van der Waals surface area contributed by atoms with Gasteiger partial charge in [0.05, 0.1) is 6.26 Å². The van der Waals surface area contributed by atoms with Crippen molar-refractivity contribution in [3.63, 3.8) is 0 Å². The van der Waals surface area contributed by atoms with Gasteiger partial charge in [0.2, 0.25) is 0 Å². The van der Waals surface area contributed by atoms with E-state index in [2.05, 4.69) is 10.6 Å². The van der Waals surface area contributed by atoms with E-state index in [4.69, 9.17) is 4.42 Å². The summed E-state index contributed by atoms with van der Waals surface area (Å²) >= 11 is 0. The minimum absolute atomic E-state index is 0.155. The summed E-state index contributed by atoms with van der Waals surface area (Å²) in [5.41, 5.74) is 2.37. The first-order chi connectivity index (χ1) is 13.7. The summed E-state index contributed by atoms with van der Waals surface area (Å²) in [6, 6.07) is 20.0. The summed E-state index contributed by atoms with van der Waals surface area (Å²) < 4.78 is 5.07. The largest absolute Gasteiger partial charge is 0.459 e. The molecule has 3 amide bonds. The molecular weight excluding hydrogens is 354 g/mol. The molecule has 0 bridgehead atoms. The lowest BCUT2D eigenvalue weighted by Crippen LogP contribution is -2.35. The van der Waals surface area contributed by atoms with E-state index in [1.165, 1.54) is 6.26 Å². The molecule has 2 N–H and O–H groups in total. The highest BCUT2D eigenvalue weighted by Gasteiger charge is 2.14. The van der Waals surface area contributed by atoms with Crippen LogP contribution in [0.4, 0.5) is 16.2 Å². The molecule has 3 rings (SSSR count). The Balaban J connectivity index is 1.60. The molecule has 0 fully saturated rings. The second-order valence-corrected chi connectivity index (χ2v) is 6.35. The molecule has 0 saturated heterocycles. The Kier molecular flexibility index (Phi) is 6.46. The van der Waals surface area contributed by atoms with E-state index in [1.54, 1.807) is 41.3 Å². The van der Waals surface area contributed by atoms with E-state index >= 15 is 0 Å². The third-order valence-electron chi connectivity index (χ3n) is 4.14. The summed E-state index contributed by atoms with van der Waals surface area (Å²) in [5, 5.41) is 5.66. The third-order valence-corrected chi connectivity index (χ3v) is 4.14. The first-order valence-electron chi connectivity index (χ1n) is 9.20. The van der Waals surface area contributed by atoms with E-state index in [0.29, 0.717) is 24.5 Å². The highest BCUT2D eigenvalue weighted by atomic mass is 16.3. The zero-order valence-corrected chi connectivity index (χ0v) is 15.7. The fraction of sp³-hybridized carbons (Fsp3) is 0.182. The monoisotopic (exact) mass is 377 g/mol. The van der Waals surface area contributed by atoms with E-state index in [1.807, 2.05) is 37.3 Å². The van der Waals surface area contributed by atoms with Gasteiger partial charge in [-0.15, -0.1) is 0 Å². The fourth-order valence-corrected chi connectivity index (χ4v) is 2.77. The zero-order valence-electron chi connectivity index (χ0n) is 15.7. The van der Waals surface area contributed by atoms with Gasteiger partial charge in [-0.25, -0.2) is 4.79 Å². The van der Waals surface area contributed by atoms with Crippen LogP contribution in [0.15, 0.2) is 77.4 Å². The number of carbonyl (C=O) groups is 2. The minimum atomic E-state index is -0.321. The minimum Gasteiger partial charge on any atom is -0.459 e. The maximum Gasteiger partial charge on any atom is 0.322 e. The SMILES string of the molecule is CCCN(Cc1ccccc1)C(=O)Nc1ccc(NC(=O)c2ccco2)cc1. The molecule has 3 aromatic rings. The second kappa shape index (κ2) is 9.41. The molecule has 0 aliphatic carbocycles. The van der Waals surface area contributed by atoms with Crippen molar-refractivity contribution < 1.29 is 14.0 Å². The van der Waals surface area contributed by atoms with E-state index in [0.717, 1.165) is 12.0 Å². The number of anilines is 2. The average Bonchev–Trinajstić information content (AvgIpc) is 3.25. The van der Waals surface area contributed by atoms with Gasteiger partial charge in [0.15, 0.2) is 5.76 Å². The van der Waals surface area contributed by atoms with Crippen molar-refractivity contribution in [2.45, 2.75) is 19.9 Å². The Morgan fingerprint density at radius 1 is 0.893 bits per heavy atom. The summed E-state index contributed by atoms with van der Waals surface area (Å²) in [6.07, 6.45) is 2.32. The number of nitrogens with zero attached hydrogens (tertiary/aromatic N) is 1. The van der Waals surface area contributed by atoms with Gasteiger partial charge in [0.1, 0.15) is 0 Å². The highest BCUT2D eigenvalue weighted by molar-refractivity contribution is 6.02. The lowest BCUT2D eigenvalue weighted by Gasteiger charge is -2.22. The van der Waals surface area contributed by atoms with Crippen LogP contribution in [-0.2, 0) is 6.54 Å². The predicted octanol–water partition coefficient (Wildman–Crippen LogP) is 4.98. The number of hydrogen-bond acceptors (Lipinski definition) is 3. The number of furan rings is 1. The molecule has 6 heteroatoms. The lowest BCUT2D eigenvalue weighted by molar-refractivity contribution is 0.0996. The Morgan fingerprint density at radius 2 is 1.57 bits per heavy atom. The Hall–Kier alpha value is -3.54. The van der Waals surface area contributed by atoms with Crippen LogP contribution in [0, 0.1) is 0 Å². The number of nitrogens with one attached hydrogen (secondary N) is 2. The van der Waals surface area contributed by atoms with Gasteiger partial charge < -0.3 is 20.0 Å². The lowest BCUT2D eigenvalue weighted by atomic mass is 10.2. The first kappa shape index (κ1) is 19.2. The summed E-state index contributed by atoms with van der Waals surface area (Å²) in [7, 11) is 0. The summed E-state index contributed by atoms with van der Waals surface area (Å²) in [4.78, 5) is 26.4. The molecular formula is C22H23N3O3. The molecule has 28 heavy (non-hydrogen) atoms. The standard InChI is InChI=1S/C22H23N3O3/c1-2-14-25(16-17-7-4-3-5-8-17)22(27)24-19-12-10-18(11-13-19)23-21(26)20-9-6-15-28-20/h3-13,15H,2,14,16H2,1H3,(H,23,26)(H,24,27). The van der Waals surface area contributed by atoms with Gasteiger partial charge >= 0.3 is 6.03 Å². The maximum absolute atomic E-state index is 12.7. The van der Waals surface area contributed by atoms with Crippen molar-refractivity contribution in [2.24, 2.45) is 0 Å². The van der Waals surface area contributed by atoms with Crippen molar-refractivity contribution in [3.8, 4) is 0 Å². The predicted molar refractivity (Wildman–Crippen MR) is 109 cm³/mol. The van der Waals surface area contributed by atoms with Gasteiger partial charge in [-0.3, -0.25) is 4.79 Å². The van der Waals surface area contributed by atoms with Crippen molar-refractivity contribution in [3.05, 3.63) is 84.3 Å². The number of amides is 3. The van der Waals surface area contributed by atoms with Crippen molar-refractivity contribution in [1.29, 1.82) is 0 Å². The molecule has 0 unspecified atom stereocenters. The normalized spacial score (nSPS) is 10.3. The van der Waals surface area contributed by atoms with E-state index in [-0.39, 0.29) is 17.7 Å². The van der Waals surface area contributed by atoms with Crippen LogP contribution in [-0.4, -0.2) is 23.4 Å². The highest BCUT2D eigenvalue weighted by Crippen LogP contribution is 2.16. The molecule has 6 nitrogen and oxygen atoms in total. The maximum atomic E-state index is 12.7. The summed E-state index contributed by atoms with van der Waals surface area (Å²) in [6.45, 7) is 3.26. The average molecular weight is 377 g/mol. The van der Waals surface area contributed by atoms with Crippen LogP contribution in [0.2, 0.25) is 0 Å². The molecule has 0 saturated carbocycles. The van der Waals surface area contributed by atoms with Gasteiger partial charge in [0, 0.05) is 24.5 Å². The molecule has 0 atom stereocenters. The van der Waals surface area contributed by atoms with E-state index in [9.17, 15) is 9.59 Å². The quantitative estimate of drug-likeness (QED) is 0.610. The van der Waals surface area contributed by atoms with Crippen LogP contribution in [0.1, 0.15) is 29.5 Å². The van der Waals surface area contributed by atoms with Crippen LogP contribution in [0.5, 0.6) is 0 Å². The molecule has 0 aliphatic heterocycles. The van der Waals surface area contributed by atoms with Gasteiger partial charge in [-0.05, 0) is 48.4 Å². The number of carbonyl (C=O) groups excluding carboxylic acids is 2. The number of rotatable bonds is 7. The molecule has 0 aliphatic rings. The van der Waals surface area contributed by atoms with Crippen molar-refractivity contribution >= 4 is 23.3 Å². The second-order valence-electron chi connectivity index (χ2n) is 6.35.